The van der Waals surface area contributed by atoms with Crippen LogP contribution in [0.1, 0.15) is 5.69 Å². The molecule has 1 aliphatic rings. The summed E-state index contributed by atoms with van der Waals surface area (Å²) in [6.45, 7) is 1.97. The van der Waals surface area contributed by atoms with Crippen LogP contribution < -0.4 is 9.64 Å². The minimum absolute atomic E-state index is 0.0400. The van der Waals surface area contributed by atoms with Crippen molar-refractivity contribution in [3.8, 4) is 17.0 Å². The standard InChI is InChI=1S/C24H23BrClF3N4O2/c1-35-20-13-17(7-8-19(20)25)31-9-11-32(12-10-31)18(15-34)14-33-23(24(27,28)29)21(26)22(30-33)16-5-3-2-4-6-16/h2-8,13,15,18H,9-12,14H2,1H3. The monoisotopic (exact) mass is 570 g/mol. The Labute approximate surface area is 214 Å². The SMILES string of the molecule is COc1cc(N2CCN(C(C=O)Cn3nc(-c4ccccc4)c(Cl)c3C(F)(F)F)CC2)ccc1Br. The Bertz CT molecular complexity index is 1180. The van der Waals surface area contributed by atoms with Crippen LogP contribution >= 0.6 is 27.5 Å². The van der Waals surface area contributed by atoms with E-state index in [9.17, 15) is 18.0 Å². The molecule has 35 heavy (non-hydrogen) atoms. The highest BCUT2D eigenvalue weighted by Crippen LogP contribution is 2.40. The fourth-order valence-electron chi connectivity index (χ4n) is 4.20. The number of alkyl halides is 3. The molecule has 1 saturated heterocycles. The Hall–Kier alpha value is -2.56. The van der Waals surface area contributed by atoms with E-state index in [4.69, 9.17) is 16.3 Å². The molecule has 1 aromatic heterocycles. The number of hydrogen-bond donors (Lipinski definition) is 0. The van der Waals surface area contributed by atoms with Crippen molar-refractivity contribution in [2.24, 2.45) is 0 Å². The molecular formula is C24H23BrClF3N4O2. The third-order valence-corrected chi connectivity index (χ3v) is 7.02. The molecule has 0 saturated carbocycles. The summed E-state index contributed by atoms with van der Waals surface area (Å²) in [5.41, 5.74) is 0.435. The molecule has 6 nitrogen and oxygen atoms in total. The van der Waals surface area contributed by atoms with Crippen LogP contribution in [0.4, 0.5) is 18.9 Å². The Morgan fingerprint density at radius 1 is 1.14 bits per heavy atom. The van der Waals surface area contributed by atoms with Gasteiger partial charge in [0.25, 0.3) is 0 Å². The zero-order valence-corrected chi connectivity index (χ0v) is 21.1. The van der Waals surface area contributed by atoms with Crippen molar-refractivity contribution in [3.05, 3.63) is 63.7 Å². The number of carbonyl (C=O) groups is 1. The van der Waals surface area contributed by atoms with Gasteiger partial charge in [0.1, 0.15) is 17.7 Å². The molecule has 0 bridgehead atoms. The lowest BCUT2D eigenvalue weighted by Gasteiger charge is -2.38. The van der Waals surface area contributed by atoms with E-state index in [-0.39, 0.29) is 12.2 Å². The van der Waals surface area contributed by atoms with Gasteiger partial charge in [-0.15, -0.1) is 0 Å². The second-order valence-electron chi connectivity index (χ2n) is 8.10. The van der Waals surface area contributed by atoms with Gasteiger partial charge >= 0.3 is 6.18 Å². The summed E-state index contributed by atoms with van der Waals surface area (Å²) < 4.78 is 48.7. The van der Waals surface area contributed by atoms with Crippen LogP contribution in [0.3, 0.4) is 0 Å². The van der Waals surface area contributed by atoms with Gasteiger partial charge in [-0.25, -0.2) is 0 Å². The molecule has 0 amide bonds. The topological polar surface area (TPSA) is 50.6 Å². The fraction of sp³-hybridized carbons (Fsp3) is 0.333. The lowest BCUT2D eigenvalue weighted by Crippen LogP contribution is -2.52. The molecule has 2 aromatic carbocycles. The third kappa shape index (κ3) is 5.49. The number of anilines is 1. The minimum Gasteiger partial charge on any atom is -0.495 e. The summed E-state index contributed by atoms with van der Waals surface area (Å²) in [6.07, 6.45) is -4.04. The Morgan fingerprint density at radius 2 is 1.83 bits per heavy atom. The number of aldehydes is 1. The van der Waals surface area contributed by atoms with Gasteiger partial charge in [-0.3, -0.25) is 9.58 Å². The van der Waals surface area contributed by atoms with Crippen molar-refractivity contribution in [2.75, 3.05) is 38.2 Å². The minimum atomic E-state index is -4.72. The van der Waals surface area contributed by atoms with Crippen LogP contribution in [0.5, 0.6) is 5.75 Å². The van der Waals surface area contributed by atoms with E-state index < -0.39 is 22.9 Å². The lowest BCUT2D eigenvalue weighted by molar-refractivity contribution is -0.144. The fourth-order valence-corrected chi connectivity index (χ4v) is 4.96. The van der Waals surface area contributed by atoms with E-state index in [1.54, 1.807) is 37.4 Å². The highest BCUT2D eigenvalue weighted by atomic mass is 79.9. The van der Waals surface area contributed by atoms with Gasteiger partial charge in [-0.05, 0) is 28.1 Å². The molecule has 1 aliphatic heterocycles. The molecule has 2 heterocycles. The zero-order chi connectivity index (χ0) is 25.2. The number of nitrogens with zero attached hydrogens (tertiary/aromatic N) is 4. The van der Waals surface area contributed by atoms with Crippen molar-refractivity contribution in [3.63, 3.8) is 0 Å². The number of aromatic nitrogens is 2. The maximum atomic E-state index is 13.9. The predicted molar refractivity (Wildman–Crippen MR) is 132 cm³/mol. The van der Waals surface area contributed by atoms with E-state index >= 15 is 0 Å². The number of hydrogen-bond acceptors (Lipinski definition) is 5. The molecule has 0 N–H and O–H groups in total. The maximum Gasteiger partial charge on any atom is 0.434 e. The first-order valence-corrected chi connectivity index (χ1v) is 12.1. The molecule has 3 aromatic rings. The molecule has 0 spiro atoms. The summed E-state index contributed by atoms with van der Waals surface area (Å²) in [5.74, 6) is 0.708. The van der Waals surface area contributed by atoms with Crippen molar-refractivity contribution in [1.82, 2.24) is 14.7 Å². The summed E-state index contributed by atoms with van der Waals surface area (Å²) in [7, 11) is 1.59. The van der Waals surface area contributed by atoms with Crippen molar-refractivity contribution in [1.29, 1.82) is 0 Å². The Morgan fingerprint density at radius 3 is 2.43 bits per heavy atom. The first-order chi connectivity index (χ1) is 16.7. The first kappa shape index (κ1) is 25.5. The molecule has 186 valence electrons. The number of ether oxygens (including phenoxy) is 1. The summed E-state index contributed by atoms with van der Waals surface area (Å²) in [5, 5.41) is 3.70. The summed E-state index contributed by atoms with van der Waals surface area (Å²) >= 11 is 9.60. The molecule has 1 unspecified atom stereocenters. The second-order valence-corrected chi connectivity index (χ2v) is 9.33. The predicted octanol–water partition coefficient (Wildman–Crippen LogP) is 5.38. The van der Waals surface area contributed by atoms with Gasteiger partial charge in [0.15, 0.2) is 5.69 Å². The highest BCUT2D eigenvalue weighted by molar-refractivity contribution is 9.10. The number of carbonyl (C=O) groups excluding carboxylic acids is 1. The summed E-state index contributed by atoms with van der Waals surface area (Å²) in [6, 6.07) is 13.5. The number of rotatable bonds is 7. The maximum absolute atomic E-state index is 13.9. The quantitative estimate of drug-likeness (QED) is 0.357. The smallest absolute Gasteiger partial charge is 0.434 e. The average molecular weight is 572 g/mol. The van der Waals surface area contributed by atoms with Crippen LogP contribution in [-0.4, -0.2) is 60.3 Å². The molecule has 1 fully saturated rings. The van der Waals surface area contributed by atoms with E-state index in [0.29, 0.717) is 43.8 Å². The van der Waals surface area contributed by atoms with Crippen LogP contribution in [0.25, 0.3) is 11.3 Å². The third-order valence-electron chi connectivity index (χ3n) is 6.01. The average Bonchev–Trinajstić information content (AvgIpc) is 3.19. The van der Waals surface area contributed by atoms with E-state index in [2.05, 4.69) is 25.9 Å². The Kier molecular flexibility index (Phi) is 7.73. The molecule has 4 rings (SSSR count). The number of halogens is 5. The first-order valence-electron chi connectivity index (χ1n) is 10.9. The van der Waals surface area contributed by atoms with Crippen molar-refractivity contribution < 1.29 is 22.7 Å². The normalized spacial score (nSPS) is 15.8. The van der Waals surface area contributed by atoms with E-state index in [1.807, 2.05) is 23.1 Å². The zero-order valence-electron chi connectivity index (χ0n) is 18.8. The molecule has 1 atom stereocenters. The Balaban J connectivity index is 1.53. The number of methoxy groups -OCH3 is 1. The van der Waals surface area contributed by atoms with Crippen LogP contribution in [0, 0.1) is 0 Å². The van der Waals surface area contributed by atoms with Crippen molar-refractivity contribution >= 4 is 39.5 Å². The molecule has 0 aliphatic carbocycles. The van der Waals surface area contributed by atoms with Gasteiger partial charge in [-0.2, -0.15) is 18.3 Å². The highest BCUT2D eigenvalue weighted by Gasteiger charge is 2.40. The second kappa shape index (κ2) is 10.6. The number of benzene rings is 2. The molecule has 0 radical (unpaired) electrons. The summed E-state index contributed by atoms with van der Waals surface area (Å²) in [4.78, 5) is 16.0. The molecular weight excluding hydrogens is 549 g/mol. The largest absolute Gasteiger partial charge is 0.495 e. The van der Waals surface area contributed by atoms with Gasteiger partial charge in [-0.1, -0.05) is 41.9 Å². The van der Waals surface area contributed by atoms with Crippen LogP contribution in [0.2, 0.25) is 5.02 Å². The molecule has 11 heteroatoms. The lowest BCUT2D eigenvalue weighted by atomic mass is 10.1. The van der Waals surface area contributed by atoms with Gasteiger partial charge in [0.05, 0.1) is 29.2 Å². The van der Waals surface area contributed by atoms with Gasteiger partial charge in [0.2, 0.25) is 0 Å². The van der Waals surface area contributed by atoms with Crippen molar-refractivity contribution in [2.45, 2.75) is 18.8 Å². The van der Waals surface area contributed by atoms with Gasteiger partial charge in [0, 0.05) is 43.5 Å². The van der Waals surface area contributed by atoms with Crippen LogP contribution in [-0.2, 0) is 17.5 Å². The number of piperazine rings is 1. The van der Waals surface area contributed by atoms with Crippen LogP contribution in [0.15, 0.2) is 53.0 Å². The van der Waals surface area contributed by atoms with E-state index in [0.717, 1.165) is 14.8 Å². The van der Waals surface area contributed by atoms with Gasteiger partial charge < -0.3 is 14.4 Å². The van der Waals surface area contributed by atoms with E-state index in [1.165, 1.54) is 0 Å².